The zero-order valence-corrected chi connectivity index (χ0v) is 12.7. The third-order valence-corrected chi connectivity index (χ3v) is 4.29. The number of aryl methyl sites for hydroxylation is 2. The van der Waals surface area contributed by atoms with Crippen LogP contribution in [0.25, 0.3) is 0 Å². The van der Waals surface area contributed by atoms with Gasteiger partial charge < -0.3 is 5.73 Å². The molecular formula is C17H28N2. The van der Waals surface area contributed by atoms with E-state index in [2.05, 4.69) is 43.9 Å². The van der Waals surface area contributed by atoms with Crippen molar-refractivity contribution in [1.82, 2.24) is 4.90 Å². The number of rotatable bonds is 4. The Kier molecular flexibility index (Phi) is 5.00. The van der Waals surface area contributed by atoms with E-state index in [1.807, 2.05) is 0 Å². The Morgan fingerprint density at radius 1 is 1.32 bits per heavy atom. The topological polar surface area (TPSA) is 29.3 Å². The summed E-state index contributed by atoms with van der Waals surface area (Å²) in [4.78, 5) is 2.60. The van der Waals surface area contributed by atoms with Crippen LogP contribution in [0, 0.1) is 19.8 Å². The Labute approximate surface area is 118 Å². The summed E-state index contributed by atoms with van der Waals surface area (Å²) in [5.74, 6) is 0.792. The predicted octanol–water partition coefficient (Wildman–Crippen LogP) is 3.25. The Hall–Kier alpha value is -0.860. The smallest absolute Gasteiger partial charge is 0.0233 e. The summed E-state index contributed by atoms with van der Waals surface area (Å²) < 4.78 is 0. The van der Waals surface area contributed by atoms with E-state index in [1.165, 1.54) is 49.0 Å². The number of likely N-dealkylation sites (tertiary alicyclic amines) is 1. The highest BCUT2D eigenvalue weighted by molar-refractivity contribution is 5.29. The van der Waals surface area contributed by atoms with E-state index in [9.17, 15) is 0 Å². The lowest BCUT2D eigenvalue weighted by atomic mass is 9.92. The zero-order valence-electron chi connectivity index (χ0n) is 12.7. The molecule has 1 fully saturated rings. The molecule has 1 aromatic carbocycles. The Morgan fingerprint density at radius 3 is 2.79 bits per heavy atom. The molecule has 0 saturated carbocycles. The van der Waals surface area contributed by atoms with Gasteiger partial charge in [-0.15, -0.1) is 0 Å². The van der Waals surface area contributed by atoms with E-state index in [0.29, 0.717) is 6.04 Å². The molecule has 2 rings (SSSR count). The van der Waals surface area contributed by atoms with Gasteiger partial charge in [0.05, 0.1) is 0 Å². The summed E-state index contributed by atoms with van der Waals surface area (Å²) in [6.45, 7) is 10.1. The van der Waals surface area contributed by atoms with Gasteiger partial charge in [-0.1, -0.05) is 18.2 Å². The molecule has 2 atom stereocenters. The van der Waals surface area contributed by atoms with Gasteiger partial charge in [0.25, 0.3) is 0 Å². The van der Waals surface area contributed by atoms with Gasteiger partial charge in [-0.2, -0.15) is 0 Å². The summed E-state index contributed by atoms with van der Waals surface area (Å²) in [7, 11) is 0. The minimum absolute atomic E-state index is 0.339. The quantitative estimate of drug-likeness (QED) is 0.900. The molecule has 1 aromatic rings. The molecule has 1 aliphatic heterocycles. The van der Waals surface area contributed by atoms with Crippen LogP contribution in [0.5, 0.6) is 0 Å². The number of benzene rings is 1. The van der Waals surface area contributed by atoms with Crippen molar-refractivity contribution >= 4 is 0 Å². The lowest BCUT2D eigenvalue weighted by molar-refractivity contribution is 0.158. The average molecular weight is 260 g/mol. The molecule has 2 nitrogen and oxygen atoms in total. The normalized spacial score (nSPS) is 22.4. The zero-order chi connectivity index (χ0) is 13.8. The van der Waals surface area contributed by atoms with Gasteiger partial charge in [0, 0.05) is 19.1 Å². The van der Waals surface area contributed by atoms with Gasteiger partial charge in [-0.25, -0.2) is 0 Å². The lowest BCUT2D eigenvalue weighted by Gasteiger charge is -2.33. The molecule has 0 amide bonds. The maximum absolute atomic E-state index is 5.94. The molecule has 0 bridgehead atoms. The van der Waals surface area contributed by atoms with Gasteiger partial charge in [0.1, 0.15) is 0 Å². The third kappa shape index (κ3) is 4.32. The molecule has 19 heavy (non-hydrogen) atoms. The molecular weight excluding hydrogens is 232 g/mol. The van der Waals surface area contributed by atoms with Crippen LogP contribution in [0.4, 0.5) is 0 Å². The average Bonchev–Trinajstić information content (AvgIpc) is 2.33. The van der Waals surface area contributed by atoms with Crippen molar-refractivity contribution in [2.24, 2.45) is 11.7 Å². The van der Waals surface area contributed by atoms with Crippen LogP contribution in [0.2, 0.25) is 0 Å². The molecule has 2 heteroatoms. The molecule has 106 valence electrons. The first-order valence-corrected chi connectivity index (χ1v) is 7.58. The highest BCUT2D eigenvalue weighted by atomic mass is 15.1. The van der Waals surface area contributed by atoms with Crippen molar-refractivity contribution in [1.29, 1.82) is 0 Å². The summed E-state index contributed by atoms with van der Waals surface area (Å²) in [6, 6.07) is 7.20. The van der Waals surface area contributed by atoms with E-state index in [0.717, 1.165) is 12.5 Å². The summed E-state index contributed by atoms with van der Waals surface area (Å²) in [5, 5.41) is 0. The van der Waals surface area contributed by atoms with Crippen molar-refractivity contribution in [3.8, 4) is 0 Å². The molecule has 0 aromatic heterocycles. The standard InChI is InChI=1S/C17H28N2/c1-13-6-7-17(9-14(13)2)12-19-8-4-5-16(11-19)10-15(3)18/h6-7,9,15-16H,4-5,8,10-12,18H2,1-3H3. The van der Waals surface area contributed by atoms with Crippen LogP contribution in [0.1, 0.15) is 42.9 Å². The second-order valence-electron chi connectivity index (χ2n) is 6.37. The van der Waals surface area contributed by atoms with Crippen molar-refractivity contribution in [3.63, 3.8) is 0 Å². The van der Waals surface area contributed by atoms with Gasteiger partial charge in [-0.3, -0.25) is 4.90 Å². The summed E-state index contributed by atoms with van der Waals surface area (Å²) in [5.41, 5.74) is 10.2. The van der Waals surface area contributed by atoms with E-state index >= 15 is 0 Å². The molecule has 1 heterocycles. The fourth-order valence-electron chi connectivity index (χ4n) is 3.17. The van der Waals surface area contributed by atoms with Crippen molar-refractivity contribution in [3.05, 3.63) is 34.9 Å². The summed E-state index contributed by atoms with van der Waals surface area (Å²) in [6.07, 6.45) is 3.84. The first-order valence-electron chi connectivity index (χ1n) is 7.58. The molecule has 2 unspecified atom stereocenters. The van der Waals surface area contributed by atoms with E-state index < -0.39 is 0 Å². The largest absolute Gasteiger partial charge is 0.328 e. The first kappa shape index (κ1) is 14.5. The van der Waals surface area contributed by atoms with Gasteiger partial charge in [0.15, 0.2) is 0 Å². The molecule has 0 radical (unpaired) electrons. The molecule has 1 aliphatic rings. The minimum Gasteiger partial charge on any atom is -0.328 e. The monoisotopic (exact) mass is 260 g/mol. The van der Waals surface area contributed by atoms with Gasteiger partial charge in [-0.05, 0) is 69.2 Å². The predicted molar refractivity (Wildman–Crippen MR) is 82.2 cm³/mol. The van der Waals surface area contributed by atoms with E-state index in [-0.39, 0.29) is 0 Å². The Morgan fingerprint density at radius 2 is 2.11 bits per heavy atom. The maximum Gasteiger partial charge on any atom is 0.0233 e. The number of nitrogens with two attached hydrogens (primary N) is 1. The number of piperidine rings is 1. The van der Waals surface area contributed by atoms with Crippen LogP contribution < -0.4 is 5.73 Å². The lowest BCUT2D eigenvalue weighted by Crippen LogP contribution is -2.37. The number of hydrogen-bond donors (Lipinski definition) is 1. The molecule has 2 N–H and O–H groups in total. The van der Waals surface area contributed by atoms with Crippen LogP contribution in [0.3, 0.4) is 0 Å². The van der Waals surface area contributed by atoms with Crippen LogP contribution in [0.15, 0.2) is 18.2 Å². The van der Waals surface area contributed by atoms with Gasteiger partial charge >= 0.3 is 0 Å². The third-order valence-electron chi connectivity index (χ3n) is 4.29. The second kappa shape index (κ2) is 6.53. The SMILES string of the molecule is Cc1ccc(CN2CCCC(CC(C)N)C2)cc1C. The van der Waals surface area contributed by atoms with E-state index in [4.69, 9.17) is 5.73 Å². The van der Waals surface area contributed by atoms with Crippen LogP contribution >= 0.6 is 0 Å². The summed E-state index contributed by atoms with van der Waals surface area (Å²) >= 11 is 0. The second-order valence-corrected chi connectivity index (χ2v) is 6.37. The minimum atomic E-state index is 0.339. The molecule has 1 saturated heterocycles. The fraction of sp³-hybridized carbons (Fsp3) is 0.647. The van der Waals surface area contributed by atoms with Crippen molar-refractivity contribution < 1.29 is 0 Å². The highest BCUT2D eigenvalue weighted by Crippen LogP contribution is 2.22. The van der Waals surface area contributed by atoms with Crippen molar-refractivity contribution in [2.45, 2.75) is 52.6 Å². The van der Waals surface area contributed by atoms with E-state index in [1.54, 1.807) is 0 Å². The maximum atomic E-state index is 5.94. The van der Waals surface area contributed by atoms with Crippen LogP contribution in [-0.4, -0.2) is 24.0 Å². The molecule has 0 aliphatic carbocycles. The highest BCUT2D eigenvalue weighted by Gasteiger charge is 2.20. The molecule has 0 spiro atoms. The fourth-order valence-corrected chi connectivity index (χ4v) is 3.17. The number of hydrogen-bond acceptors (Lipinski definition) is 2. The van der Waals surface area contributed by atoms with Gasteiger partial charge in [0.2, 0.25) is 0 Å². The number of nitrogens with zero attached hydrogens (tertiary/aromatic N) is 1. The van der Waals surface area contributed by atoms with Crippen molar-refractivity contribution in [2.75, 3.05) is 13.1 Å². The van der Waals surface area contributed by atoms with Crippen LogP contribution in [-0.2, 0) is 6.54 Å². The Balaban J connectivity index is 1.92. The first-order chi connectivity index (χ1) is 9.04. The Bertz CT molecular complexity index is 412.